The predicted molar refractivity (Wildman–Crippen MR) is 88.1 cm³/mol. The number of carbonyl (C=O) groups excluding carboxylic acids is 2. The quantitative estimate of drug-likeness (QED) is 0.754. The van der Waals surface area contributed by atoms with Crippen LogP contribution < -0.4 is 11.1 Å². The van der Waals surface area contributed by atoms with Gasteiger partial charge in [-0.15, -0.1) is 0 Å². The fourth-order valence-electron chi connectivity index (χ4n) is 4.80. The Balaban J connectivity index is 1.86. The van der Waals surface area contributed by atoms with Crippen LogP contribution in [0.15, 0.2) is 0 Å². The van der Waals surface area contributed by atoms with Gasteiger partial charge in [-0.1, -0.05) is 6.42 Å². The van der Waals surface area contributed by atoms with E-state index in [2.05, 4.69) is 12.2 Å². The molecular weight excluding hydrogens is 310 g/mol. The Kier molecular flexibility index (Phi) is 5.01. The molecule has 2 aliphatic heterocycles. The molecule has 4 atom stereocenters. The average Bonchev–Trinajstić information content (AvgIpc) is 3.14. The largest absolute Gasteiger partial charge is 0.453 e. The van der Waals surface area contributed by atoms with Crippen LogP contribution in [0.5, 0.6) is 0 Å². The summed E-state index contributed by atoms with van der Waals surface area (Å²) in [6.45, 7) is 3.20. The van der Waals surface area contributed by atoms with Crippen molar-refractivity contribution in [2.45, 2.75) is 63.2 Å². The fourth-order valence-corrected chi connectivity index (χ4v) is 4.80. The van der Waals surface area contributed by atoms with Gasteiger partial charge in [0.1, 0.15) is 0 Å². The lowest BCUT2D eigenvalue weighted by Gasteiger charge is -2.42. The first-order chi connectivity index (χ1) is 11.5. The zero-order chi connectivity index (χ0) is 17.3. The molecule has 0 aromatic rings. The second-order valence-corrected chi connectivity index (χ2v) is 7.43. The third kappa shape index (κ3) is 2.99. The number of carbonyl (C=O) groups is 2. The molecule has 3 rings (SSSR count). The Morgan fingerprint density at radius 3 is 2.62 bits per heavy atom. The Labute approximate surface area is 143 Å². The van der Waals surface area contributed by atoms with Crippen molar-refractivity contribution in [1.29, 1.82) is 0 Å². The molecule has 1 saturated carbocycles. The van der Waals surface area contributed by atoms with Crippen molar-refractivity contribution < 1.29 is 19.1 Å². The summed E-state index contributed by atoms with van der Waals surface area (Å²) in [5.41, 5.74) is 5.13. The van der Waals surface area contributed by atoms with Crippen LogP contribution >= 0.6 is 0 Å². The number of rotatable bonds is 3. The van der Waals surface area contributed by atoms with E-state index in [9.17, 15) is 9.59 Å². The zero-order valence-electron chi connectivity index (χ0n) is 14.6. The van der Waals surface area contributed by atoms with Gasteiger partial charge in [-0.2, -0.15) is 0 Å². The summed E-state index contributed by atoms with van der Waals surface area (Å²) in [4.78, 5) is 27.3. The van der Waals surface area contributed by atoms with Gasteiger partial charge in [-0.05, 0) is 44.9 Å². The standard InChI is InChI=1S/C17H29N3O4/c1-11-10-12-4-3-5-14(12)20(11)15(21)17(18,19-16(22)23-2)13-6-8-24-9-7-13/h11-14H,3-10,18H2,1-2H3,(H,19,22)/t11-,12+,14+,17+/m1/s1. The molecule has 24 heavy (non-hydrogen) atoms. The normalized spacial score (nSPS) is 33.0. The van der Waals surface area contributed by atoms with E-state index in [4.69, 9.17) is 15.2 Å². The minimum atomic E-state index is -1.43. The molecule has 3 fully saturated rings. The Morgan fingerprint density at radius 2 is 1.96 bits per heavy atom. The Bertz CT molecular complexity index is 494. The molecule has 2 heterocycles. The number of likely N-dealkylation sites (tertiary alicyclic amines) is 1. The molecule has 0 aromatic carbocycles. The van der Waals surface area contributed by atoms with E-state index in [1.807, 2.05) is 4.90 Å². The van der Waals surface area contributed by atoms with Gasteiger partial charge in [0.05, 0.1) is 7.11 Å². The van der Waals surface area contributed by atoms with E-state index in [1.54, 1.807) is 0 Å². The second kappa shape index (κ2) is 6.88. The number of nitrogens with two attached hydrogens (primary N) is 1. The van der Waals surface area contributed by atoms with E-state index in [0.717, 1.165) is 19.3 Å². The van der Waals surface area contributed by atoms with Crippen LogP contribution in [0.3, 0.4) is 0 Å². The predicted octanol–water partition coefficient (Wildman–Crippen LogP) is 1.21. The molecule has 2 amide bonds. The van der Waals surface area contributed by atoms with E-state index >= 15 is 0 Å². The maximum absolute atomic E-state index is 13.5. The van der Waals surface area contributed by atoms with Crippen molar-refractivity contribution in [3.63, 3.8) is 0 Å². The molecule has 0 radical (unpaired) electrons. The van der Waals surface area contributed by atoms with Crippen molar-refractivity contribution >= 4 is 12.0 Å². The highest BCUT2D eigenvalue weighted by Gasteiger charge is 2.52. The summed E-state index contributed by atoms with van der Waals surface area (Å²) < 4.78 is 10.1. The number of ether oxygens (including phenoxy) is 2. The highest BCUT2D eigenvalue weighted by Crippen LogP contribution is 2.42. The Morgan fingerprint density at radius 1 is 1.25 bits per heavy atom. The number of amides is 2. The Hall–Kier alpha value is -1.34. The van der Waals surface area contributed by atoms with Crippen molar-refractivity contribution in [3.05, 3.63) is 0 Å². The van der Waals surface area contributed by atoms with E-state index in [-0.39, 0.29) is 23.9 Å². The number of fused-ring (bicyclic) bond motifs is 1. The smallest absolute Gasteiger partial charge is 0.408 e. The first-order valence-electron chi connectivity index (χ1n) is 9.03. The molecule has 0 bridgehead atoms. The highest BCUT2D eigenvalue weighted by atomic mass is 16.5. The zero-order valence-corrected chi connectivity index (χ0v) is 14.6. The maximum Gasteiger partial charge on any atom is 0.408 e. The molecule has 0 unspecified atom stereocenters. The van der Waals surface area contributed by atoms with Crippen molar-refractivity contribution in [3.8, 4) is 0 Å². The van der Waals surface area contributed by atoms with Crippen molar-refractivity contribution in [2.75, 3.05) is 20.3 Å². The minimum absolute atomic E-state index is 0.148. The molecule has 2 saturated heterocycles. The van der Waals surface area contributed by atoms with Crippen LogP contribution in [0.4, 0.5) is 4.79 Å². The lowest BCUT2D eigenvalue weighted by atomic mass is 9.84. The van der Waals surface area contributed by atoms with Gasteiger partial charge < -0.3 is 20.1 Å². The summed E-state index contributed by atoms with van der Waals surface area (Å²) in [5, 5.41) is 2.66. The number of nitrogens with one attached hydrogen (secondary N) is 1. The monoisotopic (exact) mass is 339 g/mol. The van der Waals surface area contributed by atoms with Crippen molar-refractivity contribution in [1.82, 2.24) is 10.2 Å². The highest BCUT2D eigenvalue weighted by molar-refractivity contribution is 5.90. The lowest BCUT2D eigenvalue weighted by Crippen LogP contribution is -2.71. The summed E-state index contributed by atoms with van der Waals surface area (Å²) in [6, 6.07) is 0.421. The van der Waals surface area contributed by atoms with E-state index in [1.165, 1.54) is 13.5 Å². The van der Waals surface area contributed by atoms with Crippen LogP contribution in [-0.2, 0) is 14.3 Å². The van der Waals surface area contributed by atoms with Crippen LogP contribution in [0.1, 0.15) is 45.4 Å². The number of hydrogen-bond donors (Lipinski definition) is 2. The third-order valence-corrected chi connectivity index (χ3v) is 6.04. The first-order valence-corrected chi connectivity index (χ1v) is 9.03. The van der Waals surface area contributed by atoms with Gasteiger partial charge in [0.25, 0.3) is 5.91 Å². The SMILES string of the molecule is COC(=O)N[C@](N)(C(=O)N1[C@H](C)C[C@@H]2CCC[C@@H]21)C1CCOCC1. The summed E-state index contributed by atoms with van der Waals surface area (Å²) in [7, 11) is 1.29. The molecule has 3 aliphatic rings. The van der Waals surface area contributed by atoms with Gasteiger partial charge in [0.15, 0.2) is 5.66 Å². The van der Waals surface area contributed by atoms with Crippen LogP contribution in [0.25, 0.3) is 0 Å². The topological polar surface area (TPSA) is 93.9 Å². The number of hydrogen-bond acceptors (Lipinski definition) is 5. The van der Waals surface area contributed by atoms with Crippen molar-refractivity contribution in [2.24, 2.45) is 17.6 Å². The maximum atomic E-state index is 13.5. The van der Waals surface area contributed by atoms with Crippen LogP contribution in [0, 0.1) is 11.8 Å². The van der Waals surface area contributed by atoms with E-state index in [0.29, 0.717) is 32.0 Å². The fraction of sp³-hybridized carbons (Fsp3) is 0.882. The first kappa shape index (κ1) is 17.5. The van der Waals surface area contributed by atoms with E-state index < -0.39 is 11.8 Å². The summed E-state index contributed by atoms with van der Waals surface area (Å²) in [6.07, 6.45) is 5.04. The van der Waals surface area contributed by atoms with Gasteiger partial charge in [0.2, 0.25) is 0 Å². The molecule has 0 spiro atoms. The lowest BCUT2D eigenvalue weighted by molar-refractivity contribution is -0.145. The van der Waals surface area contributed by atoms with Gasteiger partial charge in [-0.3, -0.25) is 10.1 Å². The molecule has 0 aromatic heterocycles. The summed E-state index contributed by atoms with van der Waals surface area (Å²) in [5.74, 6) is 0.258. The second-order valence-electron chi connectivity index (χ2n) is 7.43. The molecule has 136 valence electrons. The van der Waals surface area contributed by atoms with Gasteiger partial charge in [-0.25, -0.2) is 4.79 Å². The van der Waals surface area contributed by atoms with Gasteiger partial charge in [0, 0.05) is 31.2 Å². The third-order valence-electron chi connectivity index (χ3n) is 6.04. The van der Waals surface area contributed by atoms with Crippen LogP contribution in [-0.4, -0.2) is 55.0 Å². The summed E-state index contributed by atoms with van der Waals surface area (Å²) >= 11 is 0. The average molecular weight is 339 g/mol. The number of methoxy groups -OCH3 is 1. The molecule has 7 nitrogen and oxygen atoms in total. The number of alkyl carbamates (subject to hydrolysis) is 1. The molecule has 7 heteroatoms. The van der Waals surface area contributed by atoms with Crippen LogP contribution in [0.2, 0.25) is 0 Å². The number of nitrogens with zero attached hydrogens (tertiary/aromatic N) is 1. The molecule has 3 N–H and O–H groups in total. The minimum Gasteiger partial charge on any atom is -0.453 e. The molecule has 1 aliphatic carbocycles. The van der Waals surface area contributed by atoms with Gasteiger partial charge >= 0.3 is 6.09 Å². The molecular formula is C17H29N3O4.